The fourth-order valence-electron chi connectivity index (χ4n) is 4.69. The van der Waals surface area contributed by atoms with Crippen LogP contribution in [0.15, 0.2) is 36.4 Å². The zero-order chi connectivity index (χ0) is 25.2. The number of aromatic nitrogens is 2. The van der Waals surface area contributed by atoms with Crippen molar-refractivity contribution in [2.24, 2.45) is 0 Å². The van der Waals surface area contributed by atoms with Crippen molar-refractivity contribution in [3.8, 4) is 5.75 Å². The first-order chi connectivity index (χ1) is 16.7. The first-order valence-electron chi connectivity index (χ1n) is 12.1. The van der Waals surface area contributed by atoms with Crippen molar-refractivity contribution in [1.82, 2.24) is 14.9 Å². The normalized spacial score (nSPS) is 16.1. The second-order valence-electron chi connectivity index (χ2n) is 9.19. The predicted octanol–water partition coefficient (Wildman–Crippen LogP) is 4.87. The van der Waals surface area contributed by atoms with E-state index in [2.05, 4.69) is 42.3 Å². The summed E-state index contributed by atoms with van der Waals surface area (Å²) in [7, 11) is 1.59. The van der Waals surface area contributed by atoms with Crippen LogP contribution in [-0.4, -0.2) is 52.9 Å². The lowest BCUT2D eigenvalue weighted by Gasteiger charge is -2.38. The molecule has 0 aliphatic carbocycles. The molecule has 1 fully saturated rings. The van der Waals surface area contributed by atoms with Crippen molar-refractivity contribution in [2.75, 3.05) is 32.1 Å². The van der Waals surface area contributed by atoms with Crippen LogP contribution in [0.2, 0.25) is 0 Å². The van der Waals surface area contributed by atoms with Crippen molar-refractivity contribution in [3.63, 3.8) is 0 Å². The largest absolute Gasteiger partial charge is 0.496 e. The fourth-order valence-corrected chi connectivity index (χ4v) is 4.69. The Morgan fingerprint density at radius 1 is 1.20 bits per heavy atom. The number of nitrogens with zero attached hydrogens (tertiary/aromatic N) is 3. The molecule has 0 unspecified atom stereocenters. The number of benzene rings is 2. The van der Waals surface area contributed by atoms with E-state index < -0.39 is 5.60 Å². The molecule has 8 heteroatoms. The van der Waals surface area contributed by atoms with E-state index in [1.165, 1.54) is 5.56 Å². The lowest BCUT2D eigenvalue weighted by Crippen LogP contribution is -2.45. The molecule has 186 valence electrons. The van der Waals surface area contributed by atoms with Crippen LogP contribution in [0.5, 0.6) is 5.75 Å². The number of rotatable bonds is 6. The molecule has 0 saturated carbocycles. The highest BCUT2D eigenvalue weighted by Gasteiger charge is 2.38. The maximum atomic E-state index is 12.1. The van der Waals surface area contributed by atoms with Gasteiger partial charge in [0.25, 0.3) is 0 Å². The lowest BCUT2D eigenvalue weighted by molar-refractivity contribution is -0.0257. The van der Waals surface area contributed by atoms with Crippen LogP contribution in [0.3, 0.4) is 0 Å². The van der Waals surface area contributed by atoms with Crippen LogP contribution in [-0.2, 0) is 10.3 Å². The van der Waals surface area contributed by atoms with Gasteiger partial charge in [0, 0.05) is 36.1 Å². The van der Waals surface area contributed by atoms with Crippen LogP contribution < -0.4 is 10.1 Å². The van der Waals surface area contributed by atoms with Gasteiger partial charge in [0.1, 0.15) is 17.4 Å². The molecule has 0 spiro atoms. The number of carbonyl (C=O) groups excluding carboxylic acids is 1. The second kappa shape index (κ2) is 10.1. The predicted molar refractivity (Wildman–Crippen MR) is 136 cm³/mol. The molecule has 3 aromatic rings. The van der Waals surface area contributed by atoms with Crippen molar-refractivity contribution in [2.45, 2.75) is 52.2 Å². The Kier molecular flexibility index (Phi) is 7.12. The molecule has 1 aliphatic heterocycles. The van der Waals surface area contributed by atoms with Crippen LogP contribution in [0.1, 0.15) is 55.2 Å². The molecule has 1 aliphatic rings. The van der Waals surface area contributed by atoms with Gasteiger partial charge in [-0.1, -0.05) is 29.8 Å². The van der Waals surface area contributed by atoms with Gasteiger partial charge in [0.05, 0.1) is 24.8 Å². The second-order valence-corrected chi connectivity index (χ2v) is 9.19. The van der Waals surface area contributed by atoms with Crippen LogP contribution in [0.4, 0.5) is 10.6 Å². The van der Waals surface area contributed by atoms with E-state index in [9.17, 15) is 9.90 Å². The third-order valence-corrected chi connectivity index (χ3v) is 6.64. The van der Waals surface area contributed by atoms with E-state index in [1.807, 2.05) is 25.1 Å². The average Bonchev–Trinajstić information content (AvgIpc) is 2.83. The number of hydrogen-bond acceptors (Lipinski definition) is 7. The van der Waals surface area contributed by atoms with E-state index in [4.69, 9.17) is 14.5 Å². The molecule has 1 saturated heterocycles. The van der Waals surface area contributed by atoms with Crippen molar-refractivity contribution < 1.29 is 19.4 Å². The van der Waals surface area contributed by atoms with Crippen molar-refractivity contribution in [3.05, 3.63) is 58.9 Å². The number of nitrogens with one attached hydrogen (secondary N) is 1. The van der Waals surface area contributed by atoms with Gasteiger partial charge in [-0.05, 0) is 52.2 Å². The molecule has 1 amide bonds. The molecule has 8 nitrogen and oxygen atoms in total. The molecule has 1 aromatic heterocycles. The third kappa shape index (κ3) is 5.17. The van der Waals surface area contributed by atoms with Gasteiger partial charge in [-0.3, -0.25) is 0 Å². The van der Waals surface area contributed by atoms with E-state index in [0.29, 0.717) is 55.5 Å². The lowest BCUT2D eigenvalue weighted by atomic mass is 9.83. The molecule has 2 heterocycles. The number of aliphatic hydroxyl groups is 1. The maximum absolute atomic E-state index is 12.1. The zero-order valence-electron chi connectivity index (χ0n) is 21.1. The molecule has 2 N–H and O–H groups in total. The summed E-state index contributed by atoms with van der Waals surface area (Å²) in [5, 5.41) is 16.0. The minimum Gasteiger partial charge on any atom is -0.496 e. The molecular weight excluding hydrogens is 444 g/mol. The smallest absolute Gasteiger partial charge is 0.409 e. The Morgan fingerprint density at radius 3 is 2.60 bits per heavy atom. The van der Waals surface area contributed by atoms with Crippen molar-refractivity contribution >= 4 is 22.8 Å². The standard InChI is InChI=1S/C27H34N4O4/c1-6-35-26(32)31-12-10-27(33,11-13-31)22-15-21-23(16-24(22)34-5)29-19(4)30-25(21)28-18(3)20-9-7-8-17(2)14-20/h7-9,14-16,18,33H,6,10-13H2,1-5H3,(H,28,29,30)/t18-/m1/s1. The van der Waals surface area contributed by atoms with E-state index in [1.54, 1.807) is 18.9 Å². The van der Waals surface area contributed by atoms with Crippen LogP contribution in [0.25, 0.3) is 10.9 Å². The highest BCUT2D eigenvalue weighted by atomic mass is 16.6. The topological polar surface area (TPSA) is 96.8 Å². The summed E-state index contributed by atoms with van der Waals surface area (Å²) in [4.78, 5) is 23.1. The Morgan fingerprint density at radius 2 is 1.94 bits per heavy atom. The summed E-state index contributed by atoms with van der Waals surface area (Å²) < 4.78 is 10.8. The average molecular weight is 479 g/mol. The number of amides is 1. The summed E-state index contributed by atoms with van der Waals surface area (Å²) in [5.74, 6) is 1.92. The summed E-state index contributed by atoms with van der Waals surface area (Å²) in [6, 6.07) is 12.2. The monoisotopic (exact) mass is 478 g/mol. The number of ether oxygens (including phenoxy) is 2. The van der Waals surface area contributed by atoms with Crippen LogP contribution in [0, 0.1) is 13.8 Å². The Bertz CT molecular complexity index is 1220. The number of fused-ring (bicyclic) bond motifs is 1. The van der Waals surface area contributed by atoms with Gasteiger partial charge in [0.2, 0.25) is 0 Å². The molecule has 4 rings (SSSR count). The Labute approximate surface area is 206 Å². The highest BCUT2D eigenvalue weighted by molar-refractivity contribution is 5.91. The molecule has 2 aromatic carbocycles. The number of piperidine rings is 1. The van der Waals surface area contributed by atoms with E-state index in [-0.39, 0.29) is 12.1 Å². The van der Waals surface area contributed by atoms with Gasteiger partial charge in [-0.15, -0.1) is 0 Å². The molecule has 0 bridgehead atoms. The van der Waals surface area contributed by atoms with Gasteiger partial charge in [-0.25, -0.2) is 14.8 Å². The SMILES string of the molecule is CCOC(=O)N1CCC(O)(c2cc3c(N[C@H](C)c4cccc(C)c4)nc(C)nc3cc2OC)CC1. The molecular formula is C27H34N4O4. The number of carbonyl (C=O) groups is 1. The van der Waals surface area contributed by atoms with Gasteiger partial charge < -0.3 is 24.8 Å². The Hall–Kier alpha value is -3.39. The van der Waals surface area contributed by atoms with Gasteiger partial charge in [0.15, 0.2) is 0 Å². The first kappa shape index (κ1) is 24.7. The number of likely N-dealkylation sites (tertiary alicyclic amines) is 1. The molecule has 35 heavy (non-hydrogen) atoms. The molecule has 1 atom stereocenters. The summed E-state index contributed by atoms with van der Waals surface area (Å²) in [6.07, 6.45) is 0.409. The summed E-state index contributed by atoms with van der Waals surface area (Å²) in [5.41, 5.74) is 2.63. The van der Waals surface area contributed by atoms with Gasteiger partial charge >= 0.3 is 6.09 Å². The highest BCUT2D eigenvalue weighted by Crippen LogP contribution is 2.41. The van der Waals surface area contributed by atoms with Gasteiger partial charge in [-0.2, -0.15) is 0 Å². The summed E-state index contributed by atoms with van der Waals surface area (Å²) in [6.45, 7) is 8.95. The zero-order valence-corrected chi connectivity index (χ0v) is 21.1. The third-order valence-electron chi connectivity index (χ3n) is 6.64. The number of anilines is 1. The van der Waals surface area contributed by atoms with E-state index >= 15 is 0 Å². The number of hydrogen-bond donors (Lipinski definition) is 2. The molecule has 0 radical (unpaired) electrons. The minimum absolute atomic E-state index is 0.0221. The minimum atomic E-state index is -1.15. The Balaban J connectivity index is 1.70. The summed E-state index contributed by atoms with van der Waals surface area (Å²) >= 11 is 0. The first-order valence-corrected chi connectivity index (χ1v) is 12.1. The number of methoxy groups -OCH3 is 1. The number of aryl methyl sites for hydroxylation is 2. The van der Waals surface area contributed by atoms with Crippen molar-refractivity contribution in [1.29, 1.82) is 0 Å². The van der Waals surface area contributed by atoms with E-state index in [0.717, 1.165) is 16.5 Å². The maximum Gasteiger partial charge on any atom is 0.409 e. The quantitative estimate of drug-likeness (QED) is 0.522. The van der Waals surface area contributed by atoms with Crippen LogP contribution >= 0.6 is 0 Å². The fraction of sp³-hybridized carbons (Fsp3) is 0.444.